The molecule has 2 saturated heterocycles. The van der Waals surface area contributed by atoms with Crippen LogP contribution in [0.15, 0.2) is 116 Å². The van der Waals surface area contributed by atoms with Crippen LogP contribution in [0, 0.1) is 0 Å². The van der Waals surface area contributed by atoms with Crippen molar-refractivity contribution in [3.63, 3.8) is 0 Å². The molecule has 2 aliphatic rings. The van der Waals surface area contributed by atoms with Crippen molar-refractivity contribution in [1.29, 1.82) is 0 Å². The summed E-state index contributed by atoms with van der Waals surface area (Å²) in [5.74, 6) is 0.467. The second-order valence-electron chi connectivity index (χ2n) is 13.4. The number of hydrogen-bond donors (Lipinski definition) is 1. The normalized spacial score (nSPS) is 23.8. The van der Waals surface area contributed by atoms with Crippen molar-refractivity contribution < 1.29 is 55.7 Å². The molecule has 57 heavy (non-hydrogen) atoms. The van der Waals surface area contributed by atoms with E-state index in [1.165, 1.54) is 18.7 Å². The molecule has 17 nitrogen and oxygen atoms in total. The Labute approximate surface area is 326 Å². The zero-order chi connectivity index (χ0) is 39.6. The lowest BCUT2D eigenvalue weighted by Crippen LogP contribution is -2.32. The molecule has 4 aromatic carbocycles. The predicted molar refractivity (Wildman–Crippen MR) is 200 cm³/mol. The van der Waals surface area contributed by atoms with E-state index in [4.69, 9.17) is 18.7 Å². The van der Waals surface area contributed by atoms with E-state index in [1.807, 2.05) is 60.7 Å². The van der Waals surface area contributed by atoms with Crippen molar-refractivity contribution in [2.75, 3.05) is 11.9 Å². The summed E-state index contributed by atoms with van der Waals surface area (Å²) in [6.45, 7) is -0.317. The molecule has 2 aliphatic heterocycles. The molecule has 0 radical (unpaired) electrons. The highest BCUT2D eigenvalue weighted by Crippen LogP contribution is 2.63. The Balaban J connectivity index is 0.966. The smallest absolute Gasteiger partial charge is 0.279 e. The molecule has 1 N–H and O–H groups in total. The van der Waals surface area contributed by atoms with E-state index < -0.39 is 66.8 Å². The maximum atomic E-state index is 12.9. The Hall–Kier alpha value is -4.18. The van der Waals surface area contributed by atoms with Gasteiger partial charge in [-0.25, -0.2) is 19.3 Å². The molecule has 2 aromatic heterocycles. The molecule has 20 heteroatoms. The van der Waals surface area contributed by atoms with Gasteiger partial charge in [0.25, 0.3) is 15.6 Å². The topological polar surface area (TPSA) is 231 Å². The number of phosphoric acid groups is 2. The summed E-state index contributed by atoms with van der Waals surface area (Å²) in [6.07, 6.45) is -1.46. The molecule has 0 saturated carbocycles. The van der Waals surface area contributed by atoms with Gasteiger partial charge >= 0.3 is 0 Å². The third-order valence-corrected chi connectivity index (χ3v) is 14.0. The standard InChI is InChI=1S/C37H38N5O12P3/c43-55(44,22-28-16-9-15-27-14-7-8-17-29(27)28)53-57(47,48)54-56(45,46)49-21-30-33-34(52-31(51-33)19-18-25-10-3-1-4-11-25)37(50-30)42-24-41-32-35(39-23-40-36(32)42)38-20-26-12-5-2-6-13-26/h1-17,23-24,30-31,33-34,37H,18-22H2,(H,43,44)(H,45,46)(H,47,48)(H,38,39,40)/p-3/t30-,31?,33?,34+,37-/m1/s1. The van der Waals surface area contributed by atoms with E-state index in [2.05, 4.69) is 28.9 Å². The number of aryl methyl sites for hydroxylation is 1. The molecule has 0 spiro atoms. The first-order valence-corrected chi connectivity index (χ1v) is 22.5. The molecule has 4 heterocycles. The molecule has 2 fully saturated rings. The first kappa shape index (κ1) is 39.6. The lowest BCUT2D eigenvalue weighted by molar-refractivity contribution is -0.246. The van der Waals surface area contributed by atoms with Gasteiger partial charge in [-0.05, 0) is 33.9 Å². The Kier molecular flexibility index (Phi) is 11.5. The first-order valence-electron chi connectivity index (χ1n) is 17.8. The molecule has 6 aromatic rings. The van der Waals surface area contributed by atoms with Gasteiger partial charge in [0.05, 0.1) is 12.9 Å². The van der Waals surface area contributed by atoms with E-state index in [0.717, 1.165) is 11.1 Å². The van der Waals surface area contributed by atoms with Crippen molar-refractivity contribution in [2.24, 2.45) is 0 Å². The lowest BCUT2D eigenvalue weighted by Gasteiger charge is -2.35. The zero-order valence-electron chi connectivity index (χ0n) is 29.9. The number of nitrogens with zero attached hydrogens (tertiary/aromatic N) is 4. The van der Waals surface area contributed by atoms with Crippen molar-refractivity contribution >= 4 is 51.0 Å². The fraction of sp³-hybridized carbons (Fsp3) is 0.270. The van der Waals surface area contributed by atoms with Gasteiger partial charge in [0.2, 0.25) is 0 Å². The summed E-state index contributed by atoms with van der Waals surface area (Å²) in [5, 5.41) is 4.53. The quantitative estimate of drug-likeness (QED) is 0.127. The number of phosphoric ester groups is 1. The fourth-order valence-electron chi connectivity index (χ4n) is 6.92. The molecule has 8 atom stereocenters. The number of benzene rings is 4. The SMILES string of the molecule is O=P([O-])(Cc1cccc2ccccc12)OP(=O)([O-])OP(=O)([O-])OC[C@H]1O[C@@H](n2cnc3c(NCc4ccccc4)ncnc32)[C@H]2OC(CCc3ccccc3)OC12. The Bertz CT molecular complexity index is 2490. The number of imidazole rings is 1. The Morgan fingerprint density at radius 1 is 0.737 bits per heavy atom. The highest BCUT2D eigenvalue weighted by atomic mass is 31.3. The number of aromatic nitrogens is 4. The van der Waals surface area contributed by atoms with Gasteiger partial charge in [0.1, 0.15) is 32.2 Å². The molecule has 8 rings (SSSR count). The molecule has 0 amide bonds. The number of ether oxygens (including phenoxy) is 3. The third-order valence-electron chi connectivity index (χ3n) is 9.42. The van der Waals surface area contributed by atoms with Crippen LogP contribution in [0.25, 0.3) is 21.9 Å². The molecule has 0 bridgehead atoms. The van der Waals surface area contributed by atoms with Crippen LogP contribution in [0.4, 0.5) is 5.82 Å². The van der Waals surface area contributed by atoms with Gasteiger partial charge in [0, 0.05) is 19.1 Å². The monoisotopic (exact) mass is 834 g/mol. The largest absolute Gasteiger partial charge is 0.778 e. The van der Waals surface area contributed by atoms with Gasteiger partial charge in [0.15, 0.2) is 29.5 Å². The maximum Gasteiger partial charge on any atom is 0.279 e. The van der Waals surface area contributed by atoms with Crippen molar-refractivity contribution in [1.82, 2.24) is 19.5 Å². The number of hydrogen-bond acceptors (Lipinski definition) is 16. The van der Waals surface area contributed by atoms with Crippen molar-refractivity contribution in [2.45, 2.75) is 56.4 Å². The van der Waals surface area contributed by atoms with Crippen LogP contribution >= 0.6 is 23.2 Å². The molecular weight excluding hydrogens is 799 g/mol. The summed E-state index contributed by atoms with van der Waals surface area (Å²) < 4.78 is 72.3. The number of nitrogens with one attached hydrogen (secondary N) is 1. The van der Waals surface area contributed by atoms with E-state index >= 15 is 0 Å². The van der Waals surface area contributed by atoms with E-state index in [-0.39, 0.29) is 5.56 Å². The van der Waals surface area contributed by atoms with Gasteiger partial charge < -0.3 is 43.3 Å². The molecule has 5 unspecified atom stereocenters. The highest BCUT2D eigenvalue weighted by molar-refractivity contribution is 7.66. The van der Waals surface area contributed by atoms with E-state index in [0.29, 0.717) is 47.1 Å². The number of rotatable bonds is 16. The van der Waals surface area contributed by atoms with Crippen molar-refractivity contribution in [3.8, 4) is 0 Å². The van der Waals surface area contributed by atoms with Gasteiger partial charge in [-0.15, -0.1) is 0 Å². The zero-order valence-corrected chi connectivity index (χ0v) is 32.6. The summed E-state index contributed by atoms with van der Waals surface area (Å²) in [5.41, 5.74) is 3.14. The van der Waals surface area contributed by atoms with E-state index in [9.17, 15) is 28.4 Å². The summed E-state index contributed by atoms with van der Waals surface area (Å²) in [7, 11) is -17.0. The molecule has 0 aliphatic carbocycles. The van der Waals surface area contributed by atoms with Gasteiger partial charge in [-0.1, -0.05) is 103 Å². The van der Waals surface area contributed by atoms with Crippen LogP contribution in [0.2, 0.25) is 0 Å². The first-order chi connectivity index (χ1) is 27.4. The molecular formula is C37H35N5O12P3-3. The van der Waals surface area contributed by atoms with Gasteiger partial charge in [-0.3, -0.25) is 18.0 Å². The van der Waals surface area contributed by atoms with Crippen LogP contribution in [0.3, 0.4) is 0 Å². The average molecular weight is 835 g/mol. The number of anilines is 1. The van der Waals surface area contributed by atoms with Crippen molar-refractivity contribution in [3.05, 3.63) is 132 Å². The van der Waals surface area contributed by atoms with Crippen LogP contribution in [0.1, 0.15) is 29.3 Å². The third kappa shape index (κ3) is 9.42. The fourth-order valence-corrected chi connectivity index (χ4v) is 10.9. The van der Waals surface area contributed by atoms with Crippen LogP contribution < -0.4 is 20.0 Å². The van der Waals surface area contributed by atoms with Crippen LogP contribution in [0.5, 0.6) is 0 Å². The second kappa shape index (κ2) is 16.6. The minimum atomic E-state index is -6.03. The van der Waals surface area contributed by atoms with Crippen LogP contribution in [-0.2, 0) is 60.2 Å². The Morgan fingerprint density at radius 3 is 2.23 bits per heavy atom. The predicted octanol–water partition coefficient (Wildman–Crippen LogP) is 4.97. The van der Waals surface area contributed by atoms with E-state index in [1.54, 1.807) is 41.0 Å². The summed E-state index contributed by atoms with van der Waals surface area (Å²) in [6, 6.07) is 31.1. The highest BCUT2D eigenvalue weighted by Gasteiger charge is 2.54. The minimum Gasteiger partial charge on any atom is -0.778 e. The average Bonchev–Trinajstić information content (AvgIpc) is 3.90. The Morgan fingerprint density at radius 2 is 1.44 bits per heavy atom. The second-order valence-corrected chi connectivity index (χ2v) is 18.3. The number of fused-ring (bicyclic) bond motifs is 3. The molecule has 298 valence electrons. The van der Waals surface area contributed by atoms with Gasteiger partial charge in [-0.2, -0.15) is 0 Å². The maximum absolute atomic E-state index is 12.9. The van der Waals surface area contributed by atoms with Crippen LogP contribution in [-0.4, -0.2) is 50.7 Å². The lowest BCUT2D eigenvalue weighted by atomic mass is 10.1. The summed E-state index contributed by atoms with van der Waals surface area (Å²) in [4.78, 5) is 51.7. The summed E-state index contributed by atoms with van der Waals surface area (Å²) >= 11 is 0. The minimum absolute atomic E-state index is 0.244.